The molecule has 2 heteroatoms. The molecule has 1 heterocycles. The maximum absolute atomic E-state index is 11.7. The zero-order chi connectivity index (χ0) is 15.2. The molecule has 0 amide bonds. The molecule has 3 aromatic rings. The summed E-state index contributed by atoms with van der Waals surface area (Å²) < 4.78 is 5.99. The van der Waals surface area contributed by atoms with Crippen LogP contribution in [0, 0.1) is 6.92 Å². The Morgan fingerprint density at radius 1 is 0.773 bits per heavy atom. The lowest BCUT2D eigenvalue weighted by Crippen LogP contribution is -2.32. The average molecular weight is 288 g/mol. The van der Waals surface area contributed by atoms with Gasteiger partial charge in [0.25, 0.3) is 0 Å². The fourth-order valence-corrected chi connectivity index (χ4v) is 3.12. The van der Waals surface area contributed by atoms with Crippen molar-refractivity contribution in [3.63, 3.8) is 0 Å². The second-order valence-corrected chi connectivity index (χ2v) is 5.67. The number of rotatable bonds is 1. The highest BCUT2D eigenvalue weighted by Gasteiger charge is 2.41. The summed E-state index contributed by atoms with van der Waals surface area (Å²) in [5, 5.41) is 11.7. The van der Waals surface area contributed by atoms with Gasteiger partial charge in [0.2, 0.25) is 0 Å². The monoisotopic (exact) mass is 288 g/mol. The zero-order valence-corrected chi connectivity index (χ0v) is 12.3. The first-order valence-electron chi connectivity index (χ1n) is 7.36. The van der Waals surface area contributed by atoms with Crippen LogP contribution in [0.4, 0.5) is 0 Å². The van der Waals surface area contributed by atoms with Gasteiger partial charge >= 0.3 is 0 Å². The second-order valence-electron chi connectivity index (χ2n) is 5.67. The van der Waals surface area contributed by atoms with E-state index in [-0.39, 0.29) is 0 Å². The quantitative estimate of drug-likeness (QED) is 0.720. The topological polar surface area (TPSA) is 29.5 Å². The molecule has 1 N–H and O–H groups in total. The fourth-order valence-electron chi connectivity index (χ4n) is 3.12. The normalized spacial score (nSPS) is 19.0. The van der Waals surface area contributed by atoms with Gasteiger partial charge in [0.15, 0.2) is 0 Å². The van der Waals surface area contributed by atoms with Crippen LogP contribution in [0.5, 0.6) is 11.5 Å². The number of hydrogen-bond donors (Lipinski definition) is 1. The number of aliphatic hydroxyl groups is 1. The van der Waals surface area contributed by atoms with Gasteiger partial charge in [-0.05, 0) is 30.7 Å². The van der Waals surface area contributed by atoms with Crippen LogP contribution in [0.3, 0.4) is 0 Å². The summed E-state index contributed by atoms with van der Waals surface area (Å²) in [5.41, 5.74) is 2.31. The SMILES string of the molecule is Cc1ccc2c(c1)[C@](O)(c1ccccc1)c1ccccc1O2. The fraction of sp³-hybridized carbons (Fsp3) is 0.100. The molecule has 22 heavy (non-hydrogen) atoms. The molecular formula is C20H16O2. The van der Waals surface area contributed by atoms with Crippen molar-refractivity contribution >= 4 is 0 Å². The molecule has 0 spiro atoms. The standard InChI is InChI=1S/C20H16O2/c1-14-11-12-19-17(13-14)20(21,15-7-3-2-4-8-15)16-9-5-6-10-18(16)22-19/h2-13,21H,1H3/t20-/m0/s1. The van der Waals surface area contributed by atoms with E-state index in [0.29, 0.717) is 11.5 Å². The number of benzene rings is 3. The first-order chi connectivity index (χ1) is 10.7. The summed E-state index contributed by atoms with van der Waals surface area (Å²) in [5.74, 6) is 1.40. The lowest BCUT2D eigenvalue weighted by Gasteiger charge is -2.36. The maximum atomic E-state index is 11.7. The Labute approximate surface area is 129 Å². The third-order valence-corrected chi connectivity index (χ3v) is 4.21. The Hall–Kier alpha value is -2.58. The Bertz CT molecular complexity index is 839. The highest BCUT2D eigenvalue weighted by Crippen LogP contribution is 2.50. The largest absolute Gasteiger partial charge is 0.457 e. The van der Waals surface area contributed by atoms with Crippen molar-refractivity contribution in [2.45, 2.75) is 12.5 Å². The Kier molecular flexibility index (Phi) is 2.81. The maximum Gasteiger partial charge on any atom is 0.147 e. The predicted octanol–water partition coefficient (Wildman–Crippen LogP) is 4.38. The lowest BCUT2D eigenvalue weighted by molar-refractivity contribution is 0.112. The highest BCUT2D eigenvalue weighted by molar-refractivity contribution is 5.61. The molecule has 0 fully saturated rings. The second kappa shape index (κ2) is 4.72. The van der Waals surface area contributed by atoms with E-state index in [1.807, 2.05) is 79.7 Å². The molecule has 1 atom stereocenters. The highest BCUT2D eigenvalue weighted by atomic mass is 16.5. The third-order valence-electron chi connectivity index (χ3n) is 4.21. The summed E-state index contributed by atoms with van der Waals surface area (Å²) in [7, 11) is 0. The molecule has 0 unspecified atom stereocenters. The number of aryl methyl sites for hydroxylation is 1. The van der Waals surface area contributed by atoms with Crippen LogP contribution in [0.15, 0.2) is 72.8 Å². The van der Waals surface area contributed by atoms with Crippen LogP contribution in [0.25, 0.3) is 0 Å². The van der Waals surface area contributed by atoms with Gasteiger partial charge in [-0.15, -0.1) is 0 Å². The van der Waals surface area contributed by atoms with E-state index < -0.39 is 5.60 Å². The van der Waals surface area contributed by atoms with E-state index in [2.05, 4.69) is 0 Å². The summed E-state index contributed by atoms with van der Waals surface area (Å²) in [6.07, 6.45) is 0. The number of ether oxygens (including phenoxy) is 1. The van der Waals surface area contributed by atoms with E-state index in [1.54, 1.807) is 0 Å². The molecule has 1 aliphatic rings. The van der Waals surface area contributed by atoms with Gasteiger partial charge in [-0.1, -0.05) is 60.2 Å². The van der Waals surface area contributed by atoms with E-state index in [1.165, 1.54) is 0 Å². The molecule has 0 aromatic heterocycles. The van der Waals surface area contributed by atoms with Crippen LogP contribution >= 0.6 is 0 Å². The van der Waals surface area contributed by atoms with Crippen molar-refractivity contribution in [3.8, 4) is 11.5 Å². The molecule has 0 aliphatic carbocycles. The Morgan fingerprint density at radius 2 is 1.45 bits per heavy atom. The summed E-state index contributed by atoms with van der Waals surface area (Å²) in [4.78, 5) is 0. The first kappa shape index (κ1) is 13.1. The van der Waals surface area contributed by atoms with Crippen LogP contribution in [0.2, 0.25) is 0 Å². The van der Waals surface area contributed by atoms with Crippen LogP contribution in [-0.2, 0) is 5.60 Å². The molecule has 1 aliphatic heterocycles. The first-order valence-corrected chi connectivity index (χ1v) is 7.36. The lowest BCUT2D eigenvalue weighted by atomic mass is 9.78. The van der Waals surface area contributed by atoms with E-state index in [0.717, 1.165) is 22.3 Å². The third kappa shape index (κ3) is 1.78. The van der Waals surface area contributed by atoms with Crippen molar-refractivity contribution in [3.05, 3.63) is 95.1 Å². The Morgan fingerprint density at radius 3 is 2.27 bits per heavy atom. The minimum atomic E-state index is -1.20. The van der Waals surface area contributed by atoms with Gasteiger partial charge in [0.1, 0.15) is 17.1 Å². The van der Waals surface area contributed by atoms with Gasteiger partial charge < -0.3 is 9.84 Å². The minimum absolute atomic E-state index is 0.699. The number of para-hydroxylation sites is 1. The van der Waals surface area contributed by atoms with Crippen LogP contribution in [0.1, 0.15) is 22.3 Å². The van der Waals surface area contributed by atoms with Gasteiger partial charge in [-0.3, -0.25) is 0 Å². The molecule has 0 saturated heterocycles. The van der Waals surface area contributed by atoms with Crippen molar-refractivity contribution in [2.75, 3.05) is 0 Å². The number of hydrogen-bond acceptors (Lipinski definition) is 2. The molecule has 2 nitrogen and oxygen atoms in total. The van der Waals surface area contributed by atoms with Crippen molar-refractivity contribution < 1.29 is 9.84 Å². The smallest absolute Gasteiger partial charge is 0.147 e. The van der Waals surface area contributed by atoms with E-state index in [4.69, 9.17) is 4.74 Å². The van der Waals surface area contributed by atoms with Crippen molar-refractivity contribution in [1.29, 1.82) is 0 Å². The molecule has 4 rings (SSSR count). The number of fused-ring (bicyclic) bond motifs is 2. The van der Waals surface area contributed by atoms with Crippen LogP contribution < -0.4 is 4.74 Å². The van der Waals surface area contributed by atoms with Gasteiger partial charge in [0, 0.05) is 11.1 Å². The summed E-state index contributed by atoms with van der Waals surface area (Å²) in [6, 6.07) is 23.3. The molecule has 0 saturated carbocycles. The van der Waals surface area contributed by atoms with Crippen molar-refractivity contribution in [2.24, 2.45) is 0 Å². The molecule has 3 aromatic carbocycles. The summed E-state index contributed by atoms with van der Waals surface area (Å²) in [6.45, 7) is 2.02. The van der Waals surface area contributed by atoms with E-state index in [9.17, 15) is 5.11 Å². The molecular weight excluding hydrogens is 272 g/mol. The van der Waals surface area contributed by atoms with Gasteiger partial charge in [0.05, 0.1) is 0 Å². The molecule has 0 radical (unpaired) electrons. The van der Waals surface area contributed by atoms with Crippen LogP contribution in [-0.4, -0.2) is 5.11 Å². The minimum Gasteiger partial charge on any atom is -0.457 e. The predicted molar refractivity (Wildman–Crippen MR) is 86.2 cm³/mol. The summed E-state index contributed by atoms with van der Waals surface area (Å²) >= 11 is 0. The van der Waals surface area contributed by atoms with Gasteiger partial charge in [-0.2, -0.15) is 0 Å². The Balaban J connectivity index is 2.07. The average Bonchev–Trinajstić information content (AvgIpc) is 2.57. The van der Waals surface area contributed by atoms with Gasteiger partial charge in [-0.25, -0.2) is 0 Å². The zero-order valence-electron chi connectivity index (χ0n) is 12.3. The molecule has 108 valence electrons. The van der Waals surface area contributed by atoms with Crippen molar-refractivity contribution in [1.82, 2.24) is 0 Å². The molecule has 0 bridgehead atoms. The van der Waals surface area contributed by atoms with E-state index >= 15 is 0 Å².